The van der Waals surface area contributed by atoms with Crippen LogP contribution in [0.25, 0.3) is 22.4 Å². The number of aromatic carboxylic acids is 1. The molecule has 0 fully saturated rings. The lowest BCUT2D eigenvalue weighted by Gasteiger charge is -2.13. The topological polar surface area (TPSA) is 88.0 Å². The zero-order valence-corrected chi connectivity index (χ0v) is 15.0. The quantitative estimate of drug-likeness (QED) is 0.685. The summed E-state index contributed by atoms with van der Waals surface area (Å²) in [6.45, 7) is 4.73. The van der Waals surface area contributed by atoms with Crippen LogP contribution < -0.4 is 5.32 Å². The Hall–Kier alpha value is -3.35. The molecule has 2 N–H and O–H groups in total. The molecule has 2 heterocycles. The molecule has 0 aliphatic heterocycles. The van der Waals surface area contributed by atoms with E-state index in [0.29, 0.717) is 17.7 Å². The van der Waals surface area contributed by atoms with Crippen molar-refractivity contribution >= 4 is 11.8 Å². The molecule has 0 saturated heterocycles. The van der Waals surface area contributed by atoms with Crippen molar-refractivity contribution in [1.82, 2.24) is 15.0 Å². The number of hydrogen-bond acceptors (Lipinski definition) is 5. The number of hydrogen-bond donors (Lipinski definition) is 2. The number of anilines is 1. The third-order valence-electron chi connectivity index (χ3n) is 4.14. The van der Waals surface area contributed by atoms with E-state index in [1.165, 1.54) is 18.5 Å². The highest BCUT2D eigenvalue weighted by Crippen LogP contribution is 2.33. The molecule has 0 radical (unpaired) electrons. The number of nitrogens with zero attached hydrogens (tertiary/aromatic N) is 3. The number of carboxylic acid groups (broad SMARTS) is 1. The van der Waals surface area contributed by atoms with Crippen LogP contribution in [0.4, 0.5) is 10.2 Å². The molecule has 0 unspecified atom stereocenters. The summed E-state index contributed by atoms with van der Waals surface area (Å²) in [6, 6.07) is 7.77. The van der Waals surface area contributed by atoms with Crippen LogP contribution in [0, 0.1) is 5.82 Å². The molecular weight excluding hydrogens is 347 g/mol. The minimum atomic E-state index is -1.31. The van der Waals surface area contributed by atoms with Crippen LogP contribution in [0.3, 0.4) is 0 Å². The van der Waals surface area contributed by atoms with Crippen molar-refractivity contribution in [2.45, 2.75) is 20.3 Å². The second-order valence-corrected chi connectivity index (χ2v) is 5.86. The van der Waals surface area contributed by atoms with E-state index in [4.69, 9.17) is 5.11 Å². The molecule has 0 aliphatic rings. The molecule has 6 nitrogen and oxygen atoms in total. The Morgan fingerprint density at radius 1 is 1.11 bits per heavy atom. The summed E-state index contributed by atoms with van der Waals surface area (Å²) in [5, 5.41) is 12.2. The number of aryl methyl sites for hydroxylation is 1. The van der Waals surface area contributed by atoms with Crippen LogP contribution >= 0.6 is 0 Å². The molecule has 3 rings (SSSR count). The van der Waals surface area contributed by atoms with E-state index in [0.717, 1.165) is 29.2 Å². The lowest BCUT2D eigenvalue weighted by atomic mass is 9.97. The number of aromatic nitrogens is 3. The number of benzene rings is 1. The van der Waals surface area contributed by atoms with Gasteiger partial charge in [-0.25, -0.2) is 24.1 Å². The molecule has 0 amide bonds. The Morgan fingerprint density at radius 2 is 1.89 bits per heavy atom. The van der Waals surface area contributed by atoms with Crippen LogP contribution in [0.5, 0.6) is 0 Å². The number of rotatable bonds is 6. The maximum absolute atomic E-state index is 14.2. The van der Waals surface area contributed by atoms with Crippen LogP contribution in [-0.2, 0) is 6.42 Å². The van der Waals surface area contributed by atoms with E-state index >= 15 is 0 Å². The molecule has 3 aromatic rings. The van der Waals surface area contributed by atoms with Gasteiger partial charge in [-0.05, 0) is 37.6 Å². The molecule has 27 heavy (non-hydrogen) atoms. The lowest BCUT2D eigenvalue weighted by Crippen LogP contribution is -2.03. The van der Waals surface area contributed by atoms with Gasteiger partial charge in [0.15, 0.2) is 0 Å². The van der Waals surface area contributed by atoms with Gasteiger partial charge >= 0.3 is 5.97 Å². The Bertz CT molecular complexity index is 974. The van der Waals surface area contributed by atoms with E-state index in [2.05, 4.69) is 20.3 Å². The summed E-state index contributed by atoms with van der Waals surface area (Å²) in [6.07, 6.45) is 3.82. The van der Waals surface area contributed by atoms with Gasteiger partial charge in [0.1, 0.15) is 18.0 Å². The highest BCUT2D eigenvalue weighted by Gasteiger charge is 2.17. The van der Waals surface area contributed by atoms with Crippen molar-refractivity contribution in [1.29, 1.82) is 0 Å². The van der Waals surface area contributed by atoms with Crippen LogP contribution in [0.2, 0.25) is 0 Å². The fourth-order valence-corrected chi connectivity index (χ4v) is 2.88. The minimum absolute atomic E-state index is 0.373. The number of carboxylic acids is 1. The zero-order valence-electron chi connectivity index (χ0n) is 15.0. The summed E-state index contributed by atoms with van der Waals surface area (Å²) >= 11 is 0. The van der Waals surface area contributed by atoms with Crippen molar-refractivity contribution in [3.05, 3.63) is 59.9 Å². The van der Waals surface area contributed by atoms with E-state index < -0.39 is 11.8 Å². The average molecular weight is 366 g/mol. The van der Waals surface area contributed by atoms with E-state index in [9.17, 15) is 9.18 Å². The molecule has 7 heteroatoms. The monoisotopic (exact) mass is 366 g/mol. The number of nitrogens with one attached hydrogen (secondary N) is 1. The molecular formula is C20H19FN4O2. The first-order valence-electron chi connectivity index (χ1n) is 8.62. The van der Waals surface area contributed by atoms with Crippen molar-refractivity contribution in [3.8, 4) is 22.4 Å². The van der Waals surface area contributed by atoms with Gasteiger partial charge in [0.05, 0.1) is 17.0 Å². The molecule has 138 valence electrons. The summed E-state index contributed by atoms with van der Waals surface area (Å²) in [4.78, 5) is 24.1. The van der Waals surface area contributed by atoms with E-state index in [-0.39, 0.29) is 5.56 Å². The Kier molecular flexibility index (Phi) is 5.40. The number of carbonyl (C=O) groups is 1. The standard InChI is InChI=1S/C20H19FN4O2/c1-3-16-18(13-6-8-17(22-4-2)23-10-13)19(25-11-24-16)12-5-7-14(20(26)27)15(21)9-12/h5-11H,3-4H2,1-2H3,(H,22,23)(H,26,27). The van der Waals surface area contributed by atoms with Crippen molar-refractivity contribution < 1.29 is 14.3 Å². The summed E-state index contributed by atoms with van der Waals surface area (Å²) in [5.41, 5.74) is 3.03. The van der Waals surface area contributed by atoms with Gasteiger partial charge in [0, 0.05) is 29.4 Å². The summed E-state index contributed by atoms with van der Waals surface area (Å²) in [7, 11) is 0. The summed E-state index contributed by atoms with van der Waals surface area (Å²) < 4.78 is 14.2. The predicted octanol–water partition coefficient (Wildman–Crippen LogP) is 4.04. The Balaban J connectivity index is 2.14. The smallest absolute Gasteiger partial charge is 0.338 e. The van der Waals surface area contributed by atoms with Gasteiger partial charge in [0.25, 0.3) is 0 Å². The second-order valence-electron chi connectivity index (χ2n) is 5.86. The van der Waals surface area contributed by atoms with Crippen LogP contribution in [-0.4, -0.2) is 32.6 Å². The average Bonchev–Trinajstić information content (AvgIpc) is 2.68. The van der Waals surface area contributed by atoms with Crippen LogP contribution in [0.15, 0.2) is 42.9 Å². The Labute approximate surface area is 156 Å². The van der Waals surface area contributed by atoms with Crippen molar-refractivity contribution in [3.63, 3.8) is 0 Å². The predicted molar refractivity (Wildman–Crippen MR) is 101 cm³/mol. The summed E-state index contributed by atoms with van der Waals surface area (Å²) in [5.74, 6) is -1.35. The van der Waals surface area contributed by atoms with Gasteiger partial charge < -0.3 is 10.4 Å². The van der Waals surface area contributed by atoms with Gasteiger partial charge in [-0.1, -0.05) is 13.0 Å². The van der Waals surface area contributed by atoms with Crippen molar-refractivity contribution in [2.24, 2.45) is 0 Å². The SMILES string of the molecule is CCNc1ccc(-c2c(CC)ncnc2-c2ccc(C(=O)O)c(F)c2)cn1. The zero-order chi connectivity index (χ0) is 19.4. The first kappa shape index (κ1) is 18.4. The van der Waals surface area contributed by atoms with Gasteiger partial charge in [-0.2, -0.15) is 0 Å². The largest absolute Gasteiger partial charge is 0.478 e. The van der Waals surface area contributed by atoms with E-state index in [1.807, 2.05) is 26.0 Å². The minimum Gasteiger partial charge on any atom is -0.478 e. The molecule has 1 aromatic carbocycles. The first-order chi connectivity index (χ1) is 13.0. The number of halogens is 1. The van der Waals surface area contributed by atoms with Gasteiger partial charge in [-0.15, -0.1) is 0 Å². The highest BCUT2D eigenvalue weighted by atomic mass is 19.1. The van der Waals surface area contributed by atoms with Gasteiger partial charge in [0.2, 0.25) is 0 Å². The second kappa shape index (κ2) is 7.90. The Morgan fingerprint density at radius 3 is 2.48 bits per heavy atom. The maximum atomic E-state index is 14.2. The molecule has 0 spiro atoms. The van der Waals surface area contributed by atoms with Crippen molar-refractivity contribution in [2.75, 3.05) is 11.9 Å². The number of pyridine rings is 1. The molecule has 0 atom stereocenters. The van der Waals surface area contributed by atoms with E-state index in [1.54, 1.807) is 12.3 Å². The highest BCUT2D eigenvalue weighted by molar-refractivity contribution is 5.89. The fraction of sp³-hybridized carbons (Fsp3) is 0.200. The first-order valence-corrected chi connectivity index (χ1v) is 8.62. The van der Waals surface area contributed by atoms with Crippen LogP contribution in [0.1, 0.15) is 29.9 Å². The third-order valence-corrected chi connectivity index (χ3v) is 4.14. The van der Waals surface area contributed by atoms with Gasteiger partial charge in [-0.3, -0.25) is 0 Å². The molecule has 0 saturated carbocycles. The molecule has 0 bridgehead atoms. The fourth-order valence-electron chi connectivity index (χ4n) is 2.88. The molecule has 0 aliphatic carbocycles. The third kappa shape index (κ3) is 3.76. The molecule has 2 aromatic heterocycles. The normalized spacial score (nSPS) is 10.6. The maximum Gasteiger partial charge on any atom is 0.338 e. The lowest BCUT2D eigenvalue weighted by molar-refractivity contribution is 0.0692.